The standard InChI is InChI=1S/C20H30N2O8S/c1-20(2,3)30-17(23)13-22(9-8-21(4)5)31(26,27)16-11-14(18(24)28-6)10-15(12-16)19(25)29-7/h10-12H,8-9,13H2,1-7H3. The normalized spacial score (nSPS) is 12.0. The minimum absolute atomic E-state index is 0.0232. The van der Waals surface area contributed by atoms with Crippen LogP contribution in [0.15, 0.2) is 23.1 Å². The van der Waals surface area contributed by atoms with E-state index in [9.17, 15) is 22.8 Å². The quantitative estimate of drug-likeness (QED) is 0.396. The molecular weight excluding hydrogens is 428 g/mol. The topological polar surface area (TPSA) is 120 Å². The number of carbonyl (C=O) groups excluding carboxylic acids is 3. The van der Waals surface area contributed by atoms with E-state index in [1.165, 1.54) is 6.07 Å². The Bertz CT molecular complexity index is 885. The Kier molecular flexibility index (Phi) is 9.15. The van der Waals surface area contributed by atoms with E-state index in [0.717, 1.165) is 30.7 Å². The molecule has 31 heavy (non-hydrogen) atoms. The van der Waals surface area contributed by atoms with E-state index in [1.807, 2.05) is 0 Å². The van der Waals surface area contributed by atoms with E-state index in [0.29, 0.717) is 6.54 Å². The van der Waals surface area contributed by atoms with Gasteiger partial charge < -0.3 is 19.1 Å². The number of rotatable bonds is 9. The molecule has 1 aromatic rings. The van der Waals surface area contributed by atoms with Crippen LogP contribution in [0.1, 0.15) is 41.5 Å². The van der Waals surface area contributed by atoms with Crippen molar-refractivity contribution in [1.82, 2.24) is 9.21 Å². The van der Waals surface area contributed by atoms with Gasteiger partial charge in [-0.3, -0.25) is 4.79 Å². The Hall–Kier alpha value is -2.50. The van der Waals surface area contributed by atoms with E-state index in [1.54, 1.807) is 39.8 Å². The lowest BCUT2D eigenvalue weighted by Gasteiger charge is -2.26. The van der Waals surface area contributed by atoms with Gasteiger partial charge in [0.15, 0.2) is 0 Å². The smallest absolute Gasteiger partial charge is 0.337 e. The first-order valence-corrected chi connectivity index (χ1v) is 10.8. The van der Waals surface area contributed by atoms with Crippen LogP contribution in [0.5, 0.6) is 0 Å². The lowest BCUT2D eigenvalue weighted by molar-refractivity contribution is -0.155. The van der Waals surface area contributed by atoms with Gasteiger partial charge in [0.25, 0.3) is 0 Å². The van der Waals surface area contributed by atoms with Crippen molar-refractivity contribution < 1.29 is 37.0 Å². The summed E-state index contributed by atoms with van der Waals surface area (Å²) in [7, 11) is 1.49. The van der Waals surface area contributed by atoms with Crippen LogP contribution >= 0.6 is 0 Å². The number of nitrogens with zero attached hydrogens (tertiary/aromatic N) is 2. The maximum absolute atomic E-state index is 13.4. The summed E-state index contributed by atoms with van der Waals surface area (Å²) in [4.78, 5) is 37.8. The van der Waals surface area contributed by atoms with Crippen LogP contribution in [0.3, 0.4) is 0 Å². The third kappa shape index (κ3) is 7.93. The average Bonchev–Trinajstić information content (AvgIpc) is 2.67. The maximum Gasteiger partial charge on any atom is 0.337 e. The Morgan fingerprint density at radius 1 is 0.903 bits per heavy atom. The summed E-state index contributed by atoms with van der Waals surface area (Å²) in [6, 6.07) is 3.35. The number of ether oxygens (including phenoxy) is 3. The lowest BCUT2D eigenvalue weighted by atomic mass is 10.1. The monoisotopic (exact) mass is 458 g/mol. The first kappa shape index (κ1) is 26.5. The summed E-state index contributed by atoms with van der Waals surface area (Å²) in [5.41, 5.74) is -1.08. The van der Waals surface area contributed by atoms with Crippen LogP contribution in [0, 0.1) is 0 Å². The first-order valence-electron chi connectivity index (χ1n) is 9.39. The van der Waals surface area contributed by atoms with Crippen molar-refractivity contribution in [1.29, 1.82) is 0 Å². The zero-order valence-electron chi connectivity index (χ0n) is 18.9. The second kappa shape index (κ2) is 10.7. The molecule has 0 spiro atoms. The van der Waals surface area contributed by atoms with Crippen molar-refractivity contribution >= 4 is 27.9 Å². The van der Waals surface area contributed by atoms with Crippen molar-refractivity contribution in [3.8, 4) is 0 Å². The SMILES string of the molecule is COC(=O)c1cc(C(=O)OC)cc(S(=O)(=O)N(CCN(C)C)CC(=O)OC(C)(C)C)c1. The van der Waals surface area contributed by atoms with Crippen LogP contribution in [0.25, 0.3) is 0 Å². The summed E-state index contributed by atoms with van der Waals surface area (Å²) in [6.07, 6.45) is 0. The Morgan fingerprint density at radius 2 is 1.39 bits per heavy atom. The molecule has 0 aliphatic rings. The summed E-state index contributed by atoms with van der Waals surface area (Å²) in [6.45, 7) is 4.78. The predicted octanol–water partition coefficient (Wildman–Crippen LogP) is 1.15. The fourth-order valence-electron chi connectivity index (χ4n) is 2.48. The molecule has 0 heterocycles. The number of esters is 3. The highest BCUT2D eigenvalue weighted by atomic mass is 32.2. The highest BCUT2D eigenvalue weighted by Crippen LogP contribution is 2.21. The van der Waals surface area contributed by atoms with Gasteiger partial charge in [0, 0.05) is 13.1 Å². The van der Waals surface area contributed by atoms with Crippen LogP contribution in [-0.2, 0) is 29.0 Å². The summed E-state index contributed by atoms with van der Waals surface area (Å²) in [5.74, 6) is -2.38. The number of hydrogen-bond acceptors (Lipinski definition) is 9. The minimum Gasteiger partial charge on any atom is -0.465 e. The first-order chi connectivity index (χ1) is 14.2. The van der Waals surface area contributed by atoms with E-state index in [-0.39, 0.29) is 22.6 Å². The molecule has 0 aromatic heterocycles. The largest absolute Gasteiger partial charge is 0.465 e. The molecule has 0 N–H and O–H groups in total. The minimum atomic E-state index is -4.29. The van der Waals surface area contributed by atoms with Gasteiger partial charge in [0.1, 0.15) is 12.1 Å². The van der Waals surface area contributed by atoms with Crippen molar-refractivity contribution in [2.24, 2.45) is 0 Å². The molecule has 0 amide bonds. The number of methoxy groups -OCH3 is 2. The van der Waals surface area contributed by atoms with Crippen LogP contribution < -0.4 is 0 Å². The van der Waals surface area contributed by atoms with Crippen molar-refractivity contribution in [3.63, 3.8) is 0 Å². The number of carbonyl (C=O) groups is 3. The van der Waals surface area contributed by atoms with Gasteiger partial charge >= 0.3 is 17.9 Å². The molecule has 0 unspecified atom stereocenters. The van der Waals surface area contributed by atoms with E-state index in [4.69, 9.17) is 4.74 Å². The van der Waals surface area contributed by atoms with Crippen LogP contribution in [0.2, 0.25) is 0 Å². The molecule has 0 bridgehead atoms. The maximum atomic E-state index is 13.4. The summed E-state index contributed by atoms with van der Waals surface area (Å²) < 4.78 is 42.2. The fraction of sp³-hybridized carbons (Fsp3) is 0.550. The zero-order chi connectivity index (χ0) is 24.0. The van der Waals surface area contributed by atoms with E-state index < -0.39 is 40.1 Å². The second-order valence-electron chi connectivity index (χ2n) is 7.96. The molecule has 0 aliphatic carbocycles. The fourth-order valence-corrected chi connectivity index (χ4v) is 3.93. The highest BCUT2D eigenvalue weighted by molar-refractivity contribution is 7.89. The van der Waals surface area contributed by atoms with Gasteiger partial charge in [0.2, 0.25) is 10.0 Å². The van der Waals surface area contributed by atoms with E-state index in [2.05, 4.69) is 9.47 Å². The molecular formula is C20H30N2O8S. The van der Waals surface area contributed by atoms with E-state index >= 15 is 0 Å². The molecule has 1 rings (SSSR count). The molecule has 0 atom stereocenters. The number of hydrogen-bond donors (Lipinski definition) is 0. The second-order valence-corrected chi connectivity index (χ2v) is 9.90. The van der Waals surface area contributed by atoms with Crippen molar-refractivity contribution in [2.45, 2.75) is 31.3 Å². The van der Waals surface area contributed by atoms with Crippen molar-refractivity contribution in [2.75, 3.05) is 47.9 Å². The third-order valence-electron chi connectivity index (χ3n) is 3.91. The molecule has 0 fully saturated rings. The third-order valence-corrected chi connectivity index (χ3v) is 5.73. The lowest BCUT2D eigenvalue weighted by Crippen LogP contribution is -2.42. The Labute approximate surface area is 183 Å². The average molecular weight is 459 g/mol. The number of sulfonamides is 1. The van der Waals surface area contributed by atoms with Gasteiger partial charge in [-0.15, -0.1) is 0 Å². The molecule has 1 aromatic carbocycles. The molecule has 174 valence electrons. The molecule has 10 nitrogen and oxygen atoms in total. The Balaban J connectivity index is 3.47. The van der Waals surface area contributed by atoms with Crippen LogP contribution in [0.4, 0.5) is 0 Å². The van der Waals surface area contributed by atoms with Gasteiger partial charge in [-0.05, 0) is 53.1 Å². The van der Waals surface area contributed by atoms with Crippen molar-refractivity contribution in [3.05, 3.63) is 29.3 Å². The van der Waals surface area contributed by atoms with Gasteiger partial charge in [-0.1, -0.05) is 0 Å². The van der Waals surface area contributed by atoms with Crippen LogP contribution in [-0.4, -0.2) is 89.1 Å². The van der Waals surface area contributed by atoms with Gasteiger partial charge in [-0.25, -0.2) is 18.0 Å². The highest BCUT2D eigenvalue weighted by Gasteiger charge is 2.30. The predicted molar refractivity (Wildman–Crippen MR) is 112 cm³/mol. The molecule has 0 radical (unpaired) electrons. The Morgan fingerprint density at radius 3 is 1.77 bits per heavy atom. The summed E-state index contributed by atoms with van der Waals surface area (Å²) >= 11 is 0. The molecule has 0 saturated heterocycles. The van der Waals surface area contributed by atoms with Gasteiger partial charge in [0.05, 0.1) is 30.2 Å². The molecule has 11 heteroatoms. The molecule has 0 aliphatic heterocycles. The number of likely N-dealkylation sites (N-methyl/N-ethyl adjacent to an activating group) is 1. The zero-order valence-corrected chi connectivity index (χ0v) is 19.7. The van der Waals surface area contributed by atoms with Gasteiger partial charge in [-0.2, -0.15) is 4.31 Å². The molecule has 0 saturated carbocycles. The number of benzene rings is 1. The summed E-state index contributed by atoms with van der Waals surface area (Å²) in [5, 5.41) is 0.